The summed E-state index contributed by atoms with van der Waals surface area (Å²) in [5.41, 5.74) is 3.28. The van der Waals surface area contributed by atoms with Crippen molar-refractivity contribution in [2.24, 2.45) is 10.7 Å². The van der Waals surface area contributed by atoms with Gasteiger partial charge in [-0.25, -0.2) is 8.42 Å². The van der Waals surface area contributed by atoms with Crippen molar-refractivity contribution in [3.63, 3.8) is 0 Å². The van der Waals surface area contributed by atoms with E-state index in [1.165, 1.54) is 24.3 Å². The predicted molar refractivity (Wildman–Crippen MR) is 99.2 cm³/mol. The molecular formula is C17H17F3N4O5S. The average molecular weight is 446 g/mol. The first-order valence-corrected chi connectivity index (χ1v) is 10.2. The third-order valence-electron chi connectivity index (χ3n) is 3.47. The Morgan fingerprint density at radius 1 is 1.37 bits per heavy atom. The van der Waals surface area contributed by atoms with Crippen LogP contribution in [0.2, 0.25) is 0 Å². The molecule has 0 spiro atoms. The van der Waals surface area contributed by atoms with Gasteiger partial charge in [-0.05, 0) is 25.1 Å². The smallest absolute Gasteiger partial charge is 0.430 e. The Morgan fingerprint density at radius 3 is 2.67 bits per heavy atom. The lowest BCUT2D eigenvalue weighted by atomic mass is 10.2. The molecule has 30 heavy (non-hydrogen) atoms. The highest BCUT2D eigenvalue weighted by Gasteiger charge is 2.32. The van der Waals surface area contributed by atoms with Crippen molar-refractivity contribution < 1.29 is 35.6 Å². The fourth-order valence-electron chi connectivity index (χ4n) is 2.07. The van der Waals surface area contributed by atoms with Crippen LogP contribution in [0.5, 0.6) is 0 Å². The SMILES string of the molecule is CCOC(=O)CN=C(C=C(N)C(F)(F)F)c1nc(-c2cccc(S(C)(=O)=O)c2)no1. The van der Waals surface area contributed by atoms with E-state index in [9.17, 15) is 26.4 Å². The zero-order valence-corrected chi connectivity index (χ0v) is 16.6. The van der Waals surface area contributed by atoms with Crippen molar-refractivity contribution in [1.29, 1.82) is 0 Å². The summed E-state index contributed by atoms with van der Waals surface area (Å²) in [5, 5.41) is 3.63. The largest absolute Gasteiger partial charge is 0.465 e. The number of carbonyl (C=O) groups is 1. The van der Waals surface area contributed by atoms with E-state index in [-0.39, 0.29) is 22.9 Å². The molecule has 0 saturated heterocycles. The van der Waals surface area contributed by atoms with Gasteiger partial charge >= 0.3 is 12.1 Å². The number of allylic oxidation sites excluding steroid dienone is 2. The van der Waals surface area contributed by atoms with Crippen molar-refractivity contribution in [2.75, 3.05) is 19.4 Å². The number of hydrogen-bond donors (Lipinski definition) is 1. The fraction of sp³-hybridized carbons (Fsp3) is 0.294. The van der Waals surface area contributed by atoms with Gasteiger partial charge in [-0.3, -0.25) is 9.79 Å². The Balaban J connectivity index is 2.45. The van der Waals surface area contributed by atoms with E-state index in [2.05, 4.69) is 19.9 Å². The number of nitrogens with zero attached hydrogens (tertiary/aromatic N) is 3. The van der Waals surface area contributed by atoms with Gasteiger partial charge in [0.05, 0.1) is 11.5 Å². The molecule has 0 aliphatic carbocycles. The molecule has 9 nitrogen and oxygen atoms in total. The second kappa shape index (κ2) is 9.07. The summed E-state index contributed by atoms with van der Waals surface area (Å²) in [6.45, 7) is 1.01. The Hall–Kier alpha value is -3.22. The van der Waals surface area contributed by atoms with Crippen LogP contribution in [0, 0.1) is 0 Å². The molecular weight excluding hydrogens is 429 g/mol. The zero-order chi connectivity index (χ0) is 22.5. The summed E-state index contributed by atoms with van der Waals surface area (Å²) < 4.78 is 71.4. The second-order valence-electron chi connectivity index (χ2n) is 5.83. The maximum absolute atomic E-state index is 12.8. The summed E-state index contributed by atoms with van der Waals surface area (Å²) in [6, 6.07) is 5.57. The van der Waals surface area contributed by atoms with E-state index in [0.717, 1.165) is 6.26 Å². The summed E-state index contributed by atoms with van der Waals surface area (Å²) in [6.07, 6.45) is -3.39. The lowest BCUT2D eigenvalue weighted by molar-refractivity contribution is -0.141. The number of sulfone groups is 1. The first-order chi connectivity index (χ1) is 13.9. The van der Waals surface area contributed by atoms with Crippen LogP contribution in [-0.4, -0.2) is 55.8 Å². The van der Waals surface area contributed by atoms with E-state index >= 15 is 0 Å². The molecule has 162 valence electrons. The maximum Gasteiger partial charge on any atom is 0.430 e. The lowest BCUT2D eigenvalue weighted by Crippen LogP contribution is -2.21. The number of esters is 1. The summed E-state index contributed by atoms with van der Waals surface area (Å²) in [5.74, 6) is -1.33. The number of ether oxygens (including phenoxy) is 1. The van der Waals surface area contributed by atoms with Gasteiger partial charge in [-0.1, -0.05) is 17.3 Å². The van der Waals surface area contributed by atoms with Gasteiger partial charge in [0.15, 0.2) is 9.84 Å². The topological polar surface area (TPSA) is 138 Å². The van der Waals surface area contributed by atoms with Gasteiger partial charge in [-0.15, -0.1) is 0 Å². The number of halogens is 3. The molecule has 0 amide bonds. The Bertz CT molecular complexity index is 1090. The molecule has 0 bridgehead atoms. The minimum atomic E-state index is -4.85. The van der Waals surface area contributed by atoms with Crippen LogP contribution in [0.15, 0.2) is 50.4 Å². The van der Waals surface area contributed by atoms with Crippen molar-refractivity contribution in [2.45, 2.75) is 18.0 Å². The minimum absolute atomic E-state index is 0.0104. The highest BCUT2D eigenvalue weighted by molar-refractivity contribution is 7.90. The molecule has 0 fully saturated rings. The van der Waals surface area contributed by atoms with Crippen LogP contribution in [0.4, 0.5) is 13.2 Å². The molecule has 1 aromatic carbocycles. The molecule has 0 saturated carbocycles. The maximum atomic E-state index is 12.8. The molecule has 2 aromatic rings. The number of benzene rings is 1. The normalized spacial score (nSPS) is 13.4. The zero-order valence-electron chi connectivity index (χ0n) is 15.8. The number of aliphatic imine (C=N–C) groups is 1. The van der Waals surface area contributed by atoms with Gasteiger partial charge in [-0.2, -0.15) is 18.2 Å². The van der Waals surface area contributed by atoms with Crippen molar-refractivity contribution in [3.8, 4) is 11.4 Å². The molecule has 0 radical (unpaired) electrons. The van der Waals surface area contributed by atoms with Crippen LogP contribution in [0.25, 0.3) is 11.4 Å². The number of nitrogens with two attached hydrogens (primary N) is 1. The van der Waals surface area contributed by atoms with E-state index < -0.39 is 45.8 Å². The van der Waals surface area contributed by atoms with Gasteiger partial charge in [0.25, 0.3) is 5.89 Å². The summed E-state index contributed by atoms with van der Waals surface area (Å²) in [4.78, 5) is 19.1. The number of carbonyl (C=O) groups excluding carboxylic acids is 1. The molecule has 0 unspecified atom stereocenters. The Morgan fingerprint density at radius 2 is 2.07 bits per heavy atom. The molecule has 0 aliphatic rings. The highest BCUT2D eigenvalue weighted by Crippen LogP contribution is 2.23. The number of aromatic nitrogens is 2. The Kier molecular flexibility index (Phi) is 6.97. The summed E-state index contributed by atoms with van der Waals surface area (Å²) in [7, 11) is -3.51. The monoisotopic (exact) mass is 446 g/mol. The lowest BCUT2D eigenvalue weighted by Gasteiger charge is -2.06. The van der Waals surface area contributed by atoms with Gasteiger partial charge in [0.2, 0.25) is 5.82 Å². The first kappa shape index (κ1) is 23.1. The molecule has 2 rings (SSSR count). The Labute approximate surface area is 169 Å². The number of rotatable bonds is 7. The van der Waals surface area contributed by atoms with Crippen molar-refractivity contribution in [3.05, 3.63) is 41.9 Å². The van der Waals surface area contributed by atoms with E-state index in [4.69, 9.17) is 10.3 Å². The number of alkyl halides is 3. The minimum Gasteiger partial charge on any atom is -0.465 e. The van der Waals surface area contributed by atoms with Crippen LogP contribution in [-0.2, 0) is 19.4 Å². The third kappa shape index (κ3) is 6.14. The highest BCUT2D eigenvalue weighted by atomic mass is 32.2. The molecule has 0 atom stereocenters. The van der Waals surface area contributed by atoms with E-state index in [0.29, 0.717) is 6.08 Å². The van der Waals surface area contributed by atoms with E-state index in [1.54, 1.807) is 6.92 Å². The second-order valence-corrected chi connectivity index (χ2v) is 7.84. The van der Waals surface area contributed by atoms with Crippen LogP contribution >= 0.6 is 0 Å². The molecule has 1 aromatic heterocycles. The number of hydrogen-bond acceptors (Lipinski definition) is 9. The molecule has 13 heteroatoms. The molecule has 1 heterocycles. The van der Waals surface area contributed by atoms with Gasteiger partial charge in [0, 0.05) is 11.8 Å². The summed E-state index contributed by atoms with van der Waals surface area (Å²) >= 11 is 0. The van der Waals surface area contributed by atoms with Crippen LogP contribution in [0.1, 0.15) is 12.8 Å². The van der Waals surface area contributed by atoms with Crippen LogP contribution in [0.3, 0.4) is 0 Å². The first-order valence-electron chi connectivity index (χ1n) is 8.30. The fourth-order valence-corrected chi connectivity index (χ4v) is 2.74. The molecule has 2 N–H and O–H groups in total. The third-order valence-corrected chi connectivity index (χ3v) is 4.58. The molecule has 0 aliphatic heterocycles. The van der Waals surface area contributed by atoms with Gasteiger partial charge in [0.1, 0.15) is 18.0 Å². The van der Waals surface area contributed by atoms with Gasteiger partial charge < -0.3 is 15.0 Å². The quantitative estimate of drug-likeness (QED) is 0.503. The standard InChI is InChI=1S/C17H17F3N4O5S/c1-3-28-14(25)9-22-12(8-13(21)17(18,19)20)16-23-15(24-29-16)10-5-4-6-11(7-10)30(2,26)27/h4-8H,3,9,21H2,1-2H3. The van der Waals surface area contributed by atoms with Crippen molar-refractivity contribution >= 4 is 21.5 Å². The van der Waals surface area contributed by atoms with E-state index in [1.807, 2.05) is 0 Å². The average Bonchev–Trinajstić information content (AvgIpc) is 3.14. The van der Waals surface area contributed by atoms with Crippen molar-refractivity contribution in [1.82, 2.24) is 10.1 Å². The predicted octanol–water partition coefficient (Wildman–Crippen LogP) is 1.90. The van der Waals surface area contributed by atoms with Crippen LogP contribution < -0.4 is 5.73 Å².